The fourth-order valence-electron chi connectivity index (χ4n) is 1.57. The van der Waals surface area contributed by atoms with Gasteiger partial charge in [-0.15, -0.1) is 0 Å². The van der Waals surface area contributed by atoms with E-state index in [1.165, 1.54) is 18.2 Å². The van der Waals surface area contributed by atoms with Crippen LogP contribution in [0.25, 0.3) is 11.0 Å². The minimum absolute atomic E-state index is 0. The second-order valence-corrected chi connectivity index (χ2v) is 5.09. The molecule has 1 heterocycles. The van der Waals surface area contributed by atoms with E-state index in [1.54, 1.807) is 0 Å². The van der Waals surface area contributed by atoms with Crippen molar-refractivity contribution >= 4 is 21.2 Å². The van der Waals surface area contributed by atoms with Gasteiger partial charge in [-0.25, -0.2) is 4.98 Å². The van der Waals surface area contributed by atoms with Gasteiger partial charge in [0.05, 0.1) is 15.9 Å². The highest BCUT2D eigenvalue weighted by Crippen LogP contribution is 2.17. The van der Waals surface area contributed by atoms with E-state index < -0.39 is 10.1 Å². The Morgan fingerprint density at radius 2 is 2.06 bits per heavy atom. The van der Waals surface area contributed by atoms with Crippen LogP contribution in [0.3, 0.4) is 0 Å². The van der Waals surface area contributed by atoms with Crippen LogP contribution in [0.1, 0.15) is 12.2 Å². The average molecular weight is 292 g/mol. The van der Waals surface area contributed by atoms with Crippen LogP contribution in [0.5, 0.6) is 0 Å². The second-order valence-electron chi connectivity index (χ2n) is 3.66. The Morgan fingerprint density at radius 3 is 2.67 bits per heavy atom. The fourth-order valence-corrected chi connectivity index (χ4v) is 2.07. The molecule has 0 aliphatic rings. The summed E-state index contributed by atoms with van der Waals surface area (Å²) in [4.78, 5) is 7.01. The van der Waals surface area contributed by atoms with Gasteiger partial charge in [-0.2, -0.15) is 8.42 Å². The molecule has 2 aromatic rings. The van der Waals surface area contributed by atoms with Gasteiger partial charge in [-0.3, -0.25) is 4.55 Å². The van der Waals surface area contributed by atoms with Gasteiger partial charge in [0.15, 0.2) is 0 Å². The van der Waals surface area contributed by atoms with E-state index in [9.17, 15) is 8.42 Å². The number of aliphatic hydroxyl groups excluding tert-OH is 1. The Labute approximate surface area is 110 Å². The van der Waals surface area contributed by atoms with Crippen molar-refractivity contribution in [2.45, 2.75) is 17.7 Å². The van der Waals surface area contributed by atoms with Crippen molar-refractivity contribution < 1.29 is 30.5 Å². The normalized spacial score (nSPS) is 11.4. The third kappa shape index (κ3) is 3.20. The molecule has 0 saturated heterocycles. The van der Waals surface area contributed by atoms with Crippen LogP contribution in [-0.4, -0.2) is 34.7 Å². The number of halogens is 1. The van der Waals surface area contributed by atoms with Crippen molar-refractivity contribution in [1.29, 1.82) is 0 Å². The first-order chi connectivity index (χ1) is 8.00. The maximum absolute atomic E-state index is 10.9. The molecule has 0 atom stereocenters. The van der Waals surface area contributed by atoms with Gasteiger partial charge in [-0.1, -0.05) is 0 Å². The molecule has 6 nitrogen and oxygen atoms in total. The maximum Gasteiger partial charge on any atom is 0.294 e. The molecule has 8 heteroatoms. The van der Waals surface area contributed by atoms with Crippen LogP contribution in [0.2, 0.25) is 0 Å². The number of H-pyrrole nitrogens is 1. The first kappa shape index (κ1) is 14.9. The quantitative estimate of drug-likeness (QED) is 0.552. The Kier molecular flexibility index (Phi) is 4.69. The van der Waals surface area contributed by atoms with Crippen molar-refractivity contribution in [2.24, 2.45) is 0 Å². The zero-order chi connectivity index (χ0) is 12.5. The number of hydrogen-bond acceptors (Lipinski definition) is 4. The highest BCUT2D eigenvalue weighted by Gasteiger charge is 2.11. The second kappa shape index (κ2) is 5.66. The van der Waals surface area contributed by atoms with Gasteiger partial charge in [0.25, 0.3) is 10.1 Å². The van der Waals surface area contributed by atoms with E-state index in [0.29, 0.717) is 29.7 Å². The number of nitrogens with zero attached hydrogens (tertiary/aromatic N) is 1. The lowest BCUT2D eigenvalue weighted by molar-refractivity contribution is -0.00000883. The van der Waals surface area contributed by atoms with Gasteiger partial charge in [-0.05, 0) is 24.6 Å². The molecule has 18 heavy (non-hydrogen) atoms. The number of aromatic nitrogens is 2. The number of hydrogen-bond donors (Lipinski definition) is 3. The van der Waals surface area contributed by atoms with Crippen molar-refractivity contribution in [3.05, 3.63) is 24.0 Å². The van der Waals surface area contributed by atoms with Crippen molar-refractivity contribution in [3.63, 3.8) is 0 Å². The zero-order valence-electron chi connectivity index (χ0n) is 9.30. The van der Waals surface area contributed by atoms with E-state index >= 15 is 0 Å². The Balaban J connectivity index is 0.00000162. The molecule has 1 aromatic heterocycles. The highest BCUT2D eigenvalue weighted by atomic mass is 35.5. The maximum atomic E-state index is 10.9. The van der Waals surface area contributed by atoms with Gasteiger partial charge in [0, 0.05) is 13.0 Å². The third-order valence-electron chi connectivity index (χ3n) is 2.37. The van der Waals surface area contributed by atoms with Crippen LogP contribution in [0, 0.1) is 0 Å². The molecule has 0 amide bonds. The van der Waals surface area contributed by atoms with Crippen molar-refractivity contribution in [3.8, 4) is 0 Å². The summed E-state index contributed by atoms with van der Waals surface area (Å²) < 4.78 is 30.8. The van der Waals surface area contributed by atoms with E-state index in [4.69, 9.17) is 9.66 Å². The lowest BCUT2D eigenvalue weighted by atomic mass is 10.3. The summed E-state index contributed by atoms with van der Waals surface area (Å²) in [5.41, 5.74) is 1.18. The number of nitrogens with one attached hydrogen (secondary N) is 1. The number of aryl methyl sites for hydroxylation is 1. The average Bonchev–Trinajstić information content (AvgIpc) is 2.66. The predicted molar refractivity (Wildman–Crippen MR) is 61.3 cm³/mol. The summed E-state index contributed by atoms with van der Waals surface area (Å²) in [5.74, 6) is 0.682. The third-order valence-corrected chi connectivity index (χ3v) is 3.22. The Hall–Kier alpha value is -1.15. The number of aromatic amines is 1. The van der Waals surface area contributed by atoms with Crippen LogP contribution in [-0.2, 0) is 16.5 Å². The minimum Gasteiger partial charge on any atom is -1.00 e. The molecule has 1 aromatic carbocycles. The lowest BCUT2D eigenvalue weighted by Gasteiger charge is -1.95. The van der Waals surface area contributed by atoms with E-state index in [1.807, 2.05) is 0 Å². The van der Waals surface area contributed by atoms with Crippen LogP contribution in [0.15, 0.2) is 23.1 Å². The first-order valence-electron chi connectivity index (χ1n) is 5.08. The van der Waals surface area contributed by atoms with Gasteiger partial charge in [0.1, 0.15) is 5.82 Å². The summed E-state index contributed by atoms with van der Waals surface area (Å²) in [6.45, 7) is 0.0767. The Morgan fingerprint density at radius 1 is 1.33 bits per heavy atom. The molecule has 2 rings (SSSR count). The monoisotopic (exact) mass is 291 g/mol. The summed E-state index contributed by atoms with van der Waals surface area (Å²) >= 11 is 0. The lowest BCUT2D eigenvalue weighted by Crippen LogP contribution is -3.00. The molecule has 0 saturated carbocycles. The van der Waals surface area contributed by atoms with E-state index in [2.05, 4.69) is 9.97 Å². The standard InChI is InChI=1S/C10H12N2O4S.ClH/c13-5-1-2-10-11-8-4-3-7(17(14,15)16)6-9(8)12-10;/h3-4,6,13H,1-2,5H2,(H,11,12)(H,14,15,16);1H/p-1. The molecule has 0 fully saturated rings. The summed E-state index contributed by atoms with van der Waals surface area (Å²) in [7, 11) is -4.19. The molecular weight excluding hydrogens is 280 g/mol. The van der Waals surface area contributed by atoms with Gasteiger partial charge >= 0.3 is 0 Å². The zero-order valence-corrected chi connectivity index (χ0v) is 10.9. The number of aliphatic hydroxyl groups is 1. The fraction of sp³-hybridized carbons (Fsp3) is 0.300. The minimum atomic E-state index is -4.19. The van der Waals surface area contributed by atoms with Crippen molar-refractivity contribution in [2.75, 3.05) is 6.61 Å². The topological polar surface area (TPSA) is 103 Å². The summed E-state index contributed by atoms with van der Waals surface area (Å²) in [6.07, 6.45) is 1.18. The predicted octanol–water partition coefficient (Wildman–Crippen LogP) is -2.26. The molecule has 3 N–H and O–H groups in total. The SMILES string of the molecule is O=S(=O)(O)c1ccc2nc(CCCO)[nH]c2c1.[Cl-]. The summed E-state index contributed by atoms with van der Waals surface area (Å²) in [6, 6.07) is 4.16. The summed E-state index contributed by atoms with van der Waals surface area (Å²) in [5, 5.41) is 8.70. The molecule has 0 unspecified atom stereocenters. The number of fused-ring (bicyclic) bond motifs is 1. The number of benzene rings is 1. The van der Waals surface area contributed by atoms with Crippen LogP contribution in [0.4, 0.5) is 0 Å². The van der Waals surface area contributed by atoms with Crippen LogP contribution >= 0.6 is 0 Å². The molecular formula is C10H12ClN2O4S-. The molecule has 0 spiro atoms. The number of imidazole rings is 1. The number of rotatable bonds is 4. The molecule has 0 aliphatic carbocycles. The largest absolute Gasteiger partial charge is 1.00 e. The first-order valence-corrected chi connectivity index (χ1v) is 6.52. The van der Waals surface area contributed by atoms with Crippen molar-refractivity contribution in [1.82, 2.24) is 9.97 Å². The molecule has 0 aliphatic heterocycles. The van der Waals surface area contributed by atoms with Gasteiger partial charge in [0.2, 0.25) is 0 Å². The van der Waals surface area contributed by atoms with Crippen LogP contribution < -0.4 is 12.4 Å². The highest BCUT2D eigenvalue weighted by molar-refractivity contribution is 7.85. The smallest absolute Gasteiger partial charge is 0.294 e. The van der Waals surface area contributed by atoms with Gasteiger partial charge < -0.3 is 22.5 Å². The molecule has 100 valence electrons. The van der Waals surface area contributed by atoms with E-state index in [-0.39, 0.29) is 23.9 Å². The molecule has 0 bridgehead atoms. The van der Waals surface area contributed by atoms with E-state index in [0.717, 1.165) is 0 Å². The Bertz CT molecular complexity index is 638. The molecule has 0 radical (unpaired) electrons.